The molecule has 0 saturated carbocycles. The number of amides is 1. The van der Waals surface area contributed by atoms with E-state index in [2.05, 4.69) is 32.4 Å². The van der Waals surface area contributed by atoms with Crippen molar-refractivity contribution in [1.29, 1.82) is 0 Å². The third kappa shape index (κ3) is 4.08. The number of carbonyl (C=O) groups is 1. The van der Waals surface area contributed by atoms with Crippen molar-refractivity contribution >= 4 is 11.6 Å². The minimum absolute atomic E-state index is 0.176. The van der Waals surface area contributed by atoms with Crippen LogP contribution >= 0.6 is 0 Å². The van der Waals surface area contributed by atoms with Crippen molar-refractivity contribution < 1.29 is 4.79 Å². The van der Waals surface area contributed by atoms with Gasteiger partial charge >= 0.3 is 0 Å². The average molecular weight is 325 g/mol. The molecule has 3 rings (SSSR count). The van der Waals surface area contributed by atoms with Gasteiger partial charge in [-0.25, -0.2) is 0 Å². The number of rotatable bonds is 5. The molecule has 1 aliphatic rings. The van der Waals surface area contributed by atoms with Gasteiger partial charge in [-0.05, 0) is 30.7 Å². The van der Waals surface area contributed by atoms with E-state index in [1.54, 1.807) is 12.4 Å². The maximum Gasteiger partial charge on any atom is 0.270 e. The summed E-state index contributed by atoms with van der Waals surface area (Å²) in [6.45, 7) is 5.44. The third-order valence-corrected chi connectivity index (χ3v) is 4.25. The Labute approximate surface area is 142 Å². The van der Waals surface area contributed by atoms with Gasteiger partial charge in [0.1, 0.15) is 5.69 Å². The first kappa shape index (κ1) is 16.4. The molecule has 24 heavy (non-hydrogen) atoms. The third-order valence-electron chi connectivity index (χ3n) is 4.25. The molecule has 6 heteroatoms. The number of anilines is 1. The quantitative estimate of drug-likeness (QED) is 0.874. The van der Waals surface area contributed by atoms with Gasteiger partial charge in [-0.15, -0.1) is 0 Å². The Morgan fingerprint density at radius 3 is 3.04 bits per heavy atom. The van der Waals surface area contributed by atoms with Crippen LogP contribution in [-0.4, -0.2) is 41.6 Å². The zero-order valence-electron chi connectivity index (χ0n) is 13.9. The molecule has 1 atom stereocenters. The second-order valence-corrected chi connectivity index (χ2v) is 5.91. The van der Waals surface area contributed by atoms with E-state index in [0.29, 0.717) is 18.3 Å². The fraction of sp³-hybridized carbons (Fsp3) is 0.389. The van der Waals surface area contributed by atoms with E-state index in [0.717, 1.165) is 37.4 Å². The fourth-order valence-corrected chi connectivity index (χ4v) is 2.84. The van der Waals surface area contributed by atoms with Gasteiger partial charge in [0.15, 0.2) is 0 Å². The van der Waals surface area contributed by atoms with Crippen molar-refractivity contribution in [2.45, 2.75) is 25.9 Å². The molecule has 1 aliphatic heterocycles. The van der Waals surface area contributed by atoms with Gasteiger partial charge < -0.3 is 15.5 Å². The van der Waals surface area contributed by atoms with Crippen LogP contribution in [0.1, 0.15) is 29.5 Å². The van der Waals surface area contributed by atoms with Crippen LogP contribution in [0, 0.1) is 0 Å². The molecule has 2 N–H and O–H groups in total. The molecule has 0 unspecified atom stereocenters. The Balaban J connectivity index is 1.65. The van der Waals surface area contributed by atoms with Crippen LogP contribution in [-0.2, 0) is 6.54 Å². The molecule has 0 spiro atoms. The molecular weight excluding hydrogens is 302 g/mol. The number of hydrogen-bond acceptors (Lipinski definition) is 5. The summed E-state index contributed by atoms with van der Waals surface area (Å²) in [6.07, 6.45) is 4.52. The van der Waals surface area contributed by atoms with Crippen molar-refractivity contribution in [2.75, 3.05) is 24.5 Å². The Kier molecular flexibility index (Phi) is 5.38. The number of nitrogens with zero attached hydrogens (tertiary/aromatic N) is 3. The lowest BCUT2D eigenvalue weighted by atomic mass is 10.1. The van der Waals surface area contributed by atoms with Gasteiger partial charge in [0.2, 0.25) is 0 Å². The molecule has 3 heterocycles. The topological polar surface area (TPSA) is 70.2 Å². The average Bonchev–Trinajstić information content (AvgIpc) is 2.67. The highest BCUT2D eigenvalue weighted by molar-refractivity contribution is 5.93. The monoisotopic (exact) mass is 325 g/mol. The highest BCUT2D eigenvalue weighted by Crippen LogP contribution is 2.17. The van der Waals surface area contributed by atoms with Gasteiger partial charge in [-0.3, -0.25) is 14.8 Å². The maximum atomic E-state index is 12.3. The van der Waals surface area contributed by atoms with Crippen LogP contribution in [0.15, 0.2) is 42.7 Å². The van der Waals surface area contributed by atoms with E-state index < -0.39 is 0 Å². The second kappa shape index (κ2) is 7.88. The first-order valence-electron chi connectivity index (χ1n) is 8.38. The van der Waals surface area contributed by atoms with Crippen molar-refractivity contribution in [1.82, 2.24) is 20.6 Å². The van der Waals surface area contributed by atoms with Gasteiger partial charge in [-0.1, -0.05) is 13.0 Å². The lowest BCUT2D eigenvalue weighted by Crippen LogP contribution is -2.50. The van der Waals surface area contributed by atoms with Crippen LogP contribution < -0.4 is 15.5 Å². The molecule has 2 aromatic rings. The van der Waals surface area contributed by atoms with Gasteiger partial charge in [0.05, 0.1) is 12.2 Å². The summed E-state index contributed by atoms with van der Waals surface area (Å²) < 4.78 is 0. The number of nitrogens with one attached hydrogen (secondary N) is 2. The predicted molar refractivity (Wildman–Crippen MR) is 93.9 cm³/mol. The van der Waals surface area contributed by atoms with Crippen molar-refractivity contribution in [3.63, 3.8) is 0 Å². The summed E-state index contributed by atoms with van der Waals surface area (Å²) in [5, 5.41) is 6.37. The number of hydrogen-bond donors (Lipinski definition) is 2. The fourth-order valence-electron chi connectivity index (χ4n) is 2.84. The minimum atomic E-state index is -0.176. The summed E-state index contributed by atoms with van der Waals surface area (Å²) in [7, 11) is 0. The maximum absolute atomic E-state index is 12.3. The standard InChI is InChI=1S/C18H23N5O/c1-2-14-13-23(10-9-20-14)16-6-8-21-17(11-16)18(24)22-12-15-5-3-4-7-19-15/h3-8,11,14,20H,2,9-10,12-13H2,1H3,(H,22,24)/t14-/m0/s1. The molecule has 1 amide bonds. The first-order valence-corrected chi connectivity index (χ1v) is 8.38. The minimum Gasteiger partial charge on any atom is -0.369 e. The zero-order chi connectivity index (χ0) is 16.8. The van der Waals surface area contributed by atoms with Crippen LogP contribution in [0.4, 0.5) is 5.69 Å². The van der Waals surface area contributed by atoms with E-state index in [-0.39, 0.29) is 5.91 Å². The van der Waals surface area contributed by atoms with Crippen LogP contribution in [0.5, 0.6) is 0 Å². The predicted octanol–water partition coefficient (Wildman–Crippen LogP) is 1.59. The number of carbonyl (C=O) groups excluding carboxylic acids is 1. The van der Waals surface area contributed by atoms with E-state index in [1.807, 2.05) is 30.3 Å². The summed E-state index contributed by atoms with van der Waals surface area (Å²) in [6, 6.07) is 9.97. The summed E-state index contributed by atoms with van der Waals surface area (Å²) in [5.41, 5.74) is 2.32. The Bertz CT molecular complexity index is 676. The van der Waals surface area contributed by atoms with Crippen molar-refractivity contribution in [2.24, 2.45) is 0 Å². The smallest absolute Gasteiger partial charge is 0.270 e. The highest BCUT2D eigenvalue weighted by Gasteiger charge is 2.19. The Morgan fingerprint density at radius 2 is 2.25 bits per heavy atom. The van der Waals surface area contributed by atoms with E-state index in [9.17, 15) is 4.79 Å². The SMILES string of the molecule is CC[C@H]1CN(c2ccnc(C(=O)NCc3ccccn3)c2)CCN1. The summed E-state index contributed by atoms with van der Waals surface area (Å²) >= 11 is 0. The largest absolute Gasteiger partial charge is 0.369 e. The van der Waals surface area contributed by atoms with Crippen LogP contribution in [0.25, 0.3) is 0 Å². The molecule has 0 radical (unpaired) electrons. The lowest BCUT2D eigenvalue weighted by molar-refractivity contribution is 0.0945. The summed E-state index contributed by atoms with van der Waals surface area (Å²) in [5.74, 6) is -0.176. The molecule has 0 aliphatic carbocycles. The highest BCUT2D eigenvalue weighted by atomic mass is 16.1. The van der Waals surface area contributed by atoms with Gasteiger partial charge in [-0.2, -0.15) is 0 Å². The summed E-state index contributed by atoms with van der Waals surface area (Å²) in [4.78, 5) is 23.1. The molecule has 1 fully saturated rings. The Morgan fingerprint density at radius 1 is 1.33 bits per heavy atom. The molecule has 126 valence electrons. The van der Waals surface area contributed by atoms with Gasteiger partial charge in [0, 0.05) is 43.8 Å². The van der Waals surface area contributed by atoms with E-state index in [4.69, 9.17) is 0 Å². The lowest BCUT2D eigenvalue weighted by Gasteiger charge is -2.35. The number of piperazine rings is 1. The molecule has 2 aromatic heterocycles. The second-order valence-electron chi connectivity index (χ2n) is 5.91. The Hall–Kier alpha value is -2.47. The first-order chi connectivity index (χ1) is 11.8. The number of aromatic nitrogens is 2. The zero-order valence-corrected chi connectivity index (χ0v) is 13.9. The van der Waals surface area contributed by atoms with Crippen molar-refractivity contribution in [3.8, 4) is 0 Å². The normalized spacial score (nSPS) is 17.5. The molecular formula is C18H23N5O. The molecule has 6 nitrogen and oxygen atoms in total. The molecule has 1 saturated heterocycles. The number of pyridine rings is 2. The van der Waals surface area contributed by atoms with E-state index >= 15 is 0 Å². The molecule has 0 bridgehead atoms. The van der Waals surface area contributed by atoms with Crippen LogP contribution in [0.3, 0.4) is 0 Å². The van der Waals surface area contributed by atoms with Crippen molar-refractivity contribution in [3.05, 3.63) is 54.1 Å². The van der Waals surface area contributed by atoms with Gasteiger partial charge in [0.25, 0.3) is 5.91 Å². The van der Waals surface area contributed by atoms with E-state index in [1.165, 1.54) is 0 Å². The molecule has 0 aromatic carbocycles. The van der Waals surface area contributed by atoms with Crippen LogP contribution in [0.2, 0.25) is 0 Å².